The predicted molar refractivity (Wildman–Crippen MR) is 105 cm³/mol. The topological polar surface area (TPSA) is 171 Å². The van der Waals surface area contributed by atoms with Gasteiger partial charge in [0.2, 0.25) is 5.91 Å². The largest absolute Gasteiger partial charge is 0.423 e. The normalized spacial score (nSPS) is 12.2. The Kier molecular flexibility index (Phi) is 7.13. The standard InChI is InChI=1S/C18H23N7O3/c1-10(2)16(20)18(27)28-13-6-4-3-5-11(13)24-25-12-7-8-14(23-17(12)21)22-15(26)9-19/h3-8,10,16H,9,19-20H2,1-2H3,(H3,21,22,23,26)/b25-24+/t16-/m0/s1. The van der Waals surface area contributed by atoms with Crippen molar-refractivity contribution in [1.29, 1.82) is 0 Å². The van der Waals surface area contributed by atoms with Gasteiger partial charge in [-0.15, -0.1) is 10.2 Å². The van der Waals surface area contributed by atoms with Gasteiger partial charge in [-0.25, -0.2) is 9.78 Å². The van der Waals surface area contributed by atoms with E-state index >= 15 is 0 Å². The lowest BCUT2D eigenvalue weighted by Crippen LogP contribution is -2.38. The van der Waals surface area contributed by atoms with Gasteiger partial charge in [-0.1, -0.05) is 26.0 Å². The van der Waals surface area contributed by atoms with Crippen LogP contribution in [0.4, 0.5) is 23.0 Å². The smallest absolute Gasteiger partial charge is 0.328 e. The third-order valence-electron chi connectivity index (χ3n) is 3.69. The van der Waals surface area contributed by atoms with Crippen molar-refractivity contribution >= 4 is 34.9 Å². The third kappa shape index (κ3) is 5.56. The van der Waals surface area contributed by atoms with Crippen molar-refractivity contribution in [3.05, 3.63) is 36.4 Å². The molecule has 1 heterocycles. The van der Waals surface area contributed by atoms with Crippen LogP contribution in [-0.4, -0.2) is 29.4 Å². The molecule has 148 valence electrons. The summed E-state index contributed by atoms with van der Waals surface area (Å²) >= 11 is 0. The zero-order valence-electron chi connectivity index (χ0n) is 15.6. The van der Waals surface area contributed by atoms with E-state index in [1.54, 1.807) is 30.3 Å². The van der Waals surface area contributed by atoms with E-state index in [1.165, 1.54) is 6.07 Å². The number of pyridine rings is 1. The molecule has 0 spiro atoms. The predicted octanol–water partition coefficient (Wildman–Crippen LogP) is 1.87. The fourth-order valence-corrected chi connectivity index (χ4v) is 2.00. The summed E-state index contributed by atoms with van der Waals surface area (Å²) in [5.41, 5.74) is 17.5. The highest BCUT2D eigenvalue weighted by atomic mass is 16.5. The third-order valence-corrected chi connectivity index (χ3v) is 3.69. The SMILES string of the molecule is CC(C)[C@H](N)C(=O)Oc1ccccc1/N=N/c1ccc(NC(=O)CN)nc1N. The number of nitrogens with one attached hydrogen (secondary N) is 1. The van der Waals surface area contributed by atoms with Crippen LogP contribution in [0.3, 0.4) is 0 Å². The summed E-state index contributed by atoms with van der Waals surface area (Å²) in [6.07, 6.45) is 0. The minimum Gasteiger partial charge on any atom is -0.423 e. The maximum absolute atomic E-state index is 12.1. The summed E-state index contributed by atoms with van der Waals surface area (Å²) in [7, 11) is 0. The first kappa shape index (κ1) is 20.9. The number of carbonyl (C=O) groups excluding carboxylic acids is 2. The molecular formula is C18H23N7O3. The molecule has 28 heavy (non-hydrogen) atoms. The van der Waals surface area contributed by atoms with E-state index in [-0.39, 0.29) is 35.5 Å². The number of amides is 1. The highest BCUT2D eigenvalue weighted by molar-refractivity contribution is 5.91. The number of ether oxygens (including phenoxy) is 1. The molecule has 0 fully saturated rings. The van der Waals surface area contributed by atoms with E-state index < -0.39 is 17.9 Å². The number of aromatic nitrogens is 1. The monoisotopic (exact) mass is 385 g/mol. The minimum atomic E-state index is -0.749. The first-order valence-corrected chi connectivity index (χ1v) is 8.56. The molecule has 0 bridgehead atoms. The number of esters is 1. The van der Waals surface area contributed by atoms with Gasteiger partial charge in [0, 0.05) is 0 Å². The van der Waals surface area contributed by atoms with Crippen LogP contribution in [-0.2, 0) is 9.59 Å². The molecule has 2 aromatic rings. The van der Waals surface area contributed by atoms with Gasteiger partial charge in [0.1, 0.15) is 23.2 Å². The number of benzene rings is 1. The summed E-state index contributed by atoms with van der Waals surface area (Å²) in [4.78, 5) is 27.4. The van der Waals surface area contributed by atoms with Crippen LogP contribution in [0, 0.1) is 5.92 Å². The van der Waals surface area contributed by atoms with Crippen molar-refractivity contribution in [2.75, 3.05) is 17.6 Å². The lowest BCUT2D eigenvalue weighted by atomic mass is 10.1. The van der Waals surface area contributed by atoms with Crippen LogP contribution in [0.1, 0.15) is 13.8 Å². The Labute approximate surface area is 162 Å². The van der Waals surface area contributed by atoms with Gasteiger partial charge < -0.3 is 27.3 Å². The first-order valence-electron chi connectivity index (χ1n) is 8.56. The van der Waals surface area contributed by atoms with E-state index in [2.05, 4.69) is 20.5 Å². The second-order valence-corrected chi connectivity index (χ2v) is 6.21. The summed E-state index contributed by atoms with van der Waals surface area (Å²) in [5, 5.41) is 10.6. The van der Waals surface area contributed by atoms with E-state index in [4.69, 9.17) is 21.9 Å². The van der Waals surface area contributed by atoms with Gasteiger partial charge >= 0.3 is 5.97 Å². The first-order chi connectivity index (χ1) is 13.3. The molecule has 10 nitrogen and oxygen atoms in total. The number of rotatable bonds is 7. The number of nitrogen functional groups attached to an aromatic ring is 1. The number of nitrogens with zero attached hydrogens (tertiary/aromatic N) is 3. The molecule has 1 amide bonds. The zero-order chi connectivity index (χ0) is 20.7. The molecule has 0 saturated heterocycles. The Bertz CT molecular complexity index is 883. The van der Waals surface area contributed by atoms with Crippen LogP contribution in [0.2, 0.25) is 0 Å². The fourth-order valence-electron chi connectivity index (χ4n) is 2.00. The Morgan fingerprint density at radius 1 is 1.14 bits per heavy atom. The van der Waals surface area contributed by atoms with Crippen molar-refractivity contribution < 1.29 is 14.3 Å². The highest BCUT2D eigenvalue weighted by Crippen LogP contribution is 2.30. The van der Waals surface area contributed by atoms with Crippen molar-refractivity contribution in [3.8, 4) is 5.75 Å². The highest BCUT2D eigenvalue weighted by Gasteiger charge is 2.20. The van der Waals surface area contributed by atoms with Gasteiger partial charge in [0.25, 0.3) is 0 Å². The minimum absolute atomic E-state index is 0.0644. The van der Waals surface area contributed by atoms with E-state index in [0.29, 0.717) is 5.69 Å². The molecule has 10 heteroatoms. The Morgan fingerprint density at radius 3 is 2.46 bits per heavy atom. The second-order valence-electron chi connectivity index (χ2n) is 6.21. The number of hydrogen-bond donors (Lipinski definition) is 4. The van der Waals surface area contributed by atoms with Crippen molar-refractivity contribution in [2.45, 2.75) is 19.9 Å². The Balaban J connectivity index is 2.18. The van der Waals surface area contributed by atoms with Crippen LogP contribution in [0.15, 0.2) is 46.6 Å². The lowest BCUT2D eigenvalue weighted by molar-refractivity contribution is -0.136. The number of azo groups is 1. The van der Waals surface area contributed by atoms with E-state index in [1.807, 2.05) is 13.8 Å². The fraction of sp³-hybridized carbons (Fsp3) is 0.278. The van der Waals surface area contributed by atoms with Crippen LogP contribution < -0.4 is 27.3 Å². The Morgan fingerprint density at radius 2 is 1.82 bits per heavy atom. The maximum atomic E-state index is 12.1. The average Bonchev–Trinajstić information content (AvgIpc) is 2.67. The van der Waals surface area contributed by atoms with E-state index in [0.717, 1.165) is 0 Å². The van der Waals surface area contributed by atoms with Gasteiger partial charge in [0.15, 0.2) is 11.6 Å². The van der Waals surface area contributed by atoms with Crippen LogP contribution in [0.5, 0.6) is 5.75 Å². The molecule has 0 aliphatic rings. The van der Waals surface area contributed by atoms with Crippen LogP contribution in [0.25, 0.3) is 0 Å². The summed E-state index contributed by atoms with van der Waals surface area (Å²) in [5.74, 6) is -0.467. The maximum Gasteiger partial charge on any atom is 0.328 e. The number of anilines is 2. The molecule has 0 aliphatic carbocycles. The Hall–Kier alpha value is -3.37. The van der Waals surface area contributed by atoms with Crippen molar-refractivity contribution in [2.24, 2.45) is 27.6 Å². The molecule has 7 N–H and O–H groups in total. The van der Waals surface area contributed by atoms with Crippen LogP contribution >= 0.6 is 0 Å². The molecule has 0 aliphatic heterocycles. The molecular weight excluding hydrogens is 362 g/mol. The lowest BCUT2D eigenvalue weighted by Gasteiger charge is -2.14. The molecule has 0 saturated carbocycles. The molecule has 2 rings (SSSR count). The number of carbonyl (C=O) groups is 2. The van der Waals surface area contributed by atoms with Gasteiger partial charge in [-0.3, -0.25) is 4.79 Å². The molecule has 0 radical (unpaired) electrons. The quantitative estimate of drug-likeness (QED) is 0.320. The molecule has 1 atom stereocenters. The number of nitrogens with two attached hydrogens (primary N) is 3. The van der Waals surface area contributed by atoms with Crippen molar-refractivity contribution in [1.82, 2.24) is 4.98 Å². The van der Waals surface area contributed by atoms with E-state index in [9.17, 15) is 9.59 Å². The number of para-hydroxylation sites is 1. The second kappa shape index (κ2) is 9.53. The van der Waals surface area contributed by atoms with Gasteiger partial charge in [-0.05, 0) is 30.2 Å². The van der Waals surface area contributed by atoms with Gasteiger partial charge in [0.05, 0.1) is 6.54 Å². The molecule has 0 unspecified atom stereocenters. The summed E-state index contributed by atoms with van der Waals surface area (Å²) < 4.78 is 5.34. The zero-order valence-corrected chi connectivity index (χ0v) is 15.6. The summed E-state index contributed by atoms with van der Waals surface area (Å²) in [6.45, 7) is 3.49. The summed E-state index contributed by atoms with van der Waals surface area (Å²) in [6, 6.07) is 8.96. The molecule has 1 aromatic carbocycles. The average molecular weight is 385 g/mol. The molecule has 1 aromatic heterocycles. The van der Waals surface area contributed by atoms with Gasteiger partial charge in [-0.2, -0.15) is 0 Å². The van der Waals surface area contributed by atoms with Crippen molar-refractivity contribution in [3.63, 3.8) is 0 Å². The number of hydrogen-bond acceptors (Lipinski definition) is 9.